The van der Waals surface area contributed by atoms with Gasteiger partial charge < -0.3 is 4.74 Å². The van der Waals surface area contributed by atoms with Crippen molar-refractivity contribution in [2.75, 3.05) is 6.61 Å². The molecule has 26 heavy (non-hydrogen) atoms. The lowest BCUT2D eigenvalue weighted by atomic mass is 10.2. The van der Waals surface area contributed by atoms with Gasteiger partial charge in [0.15, 0.2) is 0 Å². The molecule has 0 saturated heterocycles. The summed E-state index contributed by atoms with van der Waals surface area (Å²) >= 11 is 0. The van der Waals surface area contributed by atoms with E-state index < -0.39 is 14.9 Å². The van der Waals surface area contributed by atoms with Crippen molar-refractivity contribution in [1.29, 1.82) is 0 Å². The number of rotatable bonds is 8. The van der Waals surface area contributed by atoms with Crippen LogP contribution in [0.5, 0.6) is 5.75 Å². The standard InChI is InChI=1S/C17H17N3O5S/c1-2-25-15-9-11-16(12-10-15)26(23,24)19-18-13-5-7-14-6-3-4-8-17(14)20(21)22/h3-13,19H,2H2,1H3/b7-5+,18-13-. The normalized spacial score (nSPS) is 11.7. The highest BCUT2D eigenvalue weighted by Gasteiger charge is 2.12. The molecule has 2 rings (SSSR count). The number of para-hydroxylation sites is 1. The van der Waals surface area contributed by atoms with Gasteiger partial charge in [0.05, 0.1) is 22.0 Å². The summed E-state index contributed by atoms with van der Waals surface area (Å²) < 4.78 is 29.5. The summed E-state index contributed by atoms with van der Waals surface area (Å²) in [4.78, 5) is 12.5. The number of nitrogens with zero attached hydrogens (tertiary/aromatic N) is 2. The van der Waals surface area contributed by atoms with E-state index in [2.05, 4.69) is 9.93 Å². The van der Waals surface area contributed by atoms with E-state index in [0.29, 0.717) is 17.9 Å². The second-order valence-electron chi connectivity index (χ2n) is 4.95. The van der Waals surface area contributed by atoms with E-state index >= 15 is 0 Å². The number of allylic oxidation sites excluding steroid dienone is 1. The minimum absolute atomic E-state index is 0.0424. The second kappa shape index (κ2) is 8.77. The Hall–Kier alpha value is -3.20. The van der Waals surface area contributed by atoms with E-state index in [-0.39, 0.29) is 10.6 Å². The number of nitrogens with one attached hydrogen (secondary N) is 1. The summed E-state index contributed by atoms with van der Waals surface area (Å²) in [5.41, 5.74) is 0.338. The predicted octanol–water partition coefficient (Wildman–Crippen LogP) is 2.97. The number of hydrogen-bond donors (Lipinski definition) is 1. The molecule has 0 unspecified atom stereocenters. The van der Waals surface area contributed by atoms with Crippen LogP contribution in [-0.2, 0) is 10.0 Å². The fraction of sp³-hybridized carbons (Fsp3) is 0.118. The fourth-order valence-electron chi connectivity index (χ4n) is 2.02. The van der Waals surface area contributed by atoms with Gasteiger partial charge in [-0.15, -0.1) is 0 Å². The number of hydrogen-bond acceptors (Lipinski definition) is 6. The van der Waals surface area contributed by atoms with Gasteiger partial charge in [-0.3, -0.25) is 10.1 Å². The minimum Gasteiger partial charge on any atom is -0.494 e. The van der Waals surface area contributed by atoms with E-state index in [1.807, 2.05) is 6.92 Å². The van der Waals surface area contributed by atoms with Gasteiger partial charge in [-0.05, 0) is 49.4 Å². The molecule has 0 aliphatic rings. The Kier molecular flexibility index (Phi) is 6.45. The molecule has 0 aromatic heterocycles. The van der Waals surface area contributed by atoms with Crippen LogP contribution in [0.15, 0.2) is 64.6 Å². The number of ether oxygens (including phenoxy) is 1. The molecule has 8 nitrogen and oxygen atoms in total. The van der Waals surface area contributed by atoms with Crippen LogP contribution in [0.2, 0.25) is 0 Å². The number of benzene rings is 2. The SMILES string of the molecule is CCOc1ccc(S(=O)(=O)N/N=C\C=C\c2ccccc2[N+](=O)[O-])cc1. The van der Waals surface area contributed by atoms with E-state index in [1.54, 1.807) is 30.3 Å². The van der Waals surface area contributed by atoms with Crippen LogP contribution in [0.25, 0.3) is 6.08 Å². The van der Waals surface area contributed by atoms with E-state index in [0.717, 1.165) is 0 Å². The van der Waals surface area contributed by atoms with Gasteiger partial charge >= 0.3 is 0 Å². The van der Waals surface area contributed by atoms with Crippen molar-refractivity contribution in [3.63, 3.8) is 0 Å². The first-order valence-electron chi connectivity index (χ1n) is 7.62. The summed E-state index contributed by atoms with van der Waals surface area (Å²) in [6.07, 6.45) is 4.07. The average Bonchev–Trinajstić information content (AvgIpc) is 2.62. The maximum atomic E-state index is 12.1. The van der Waals surface area contributed by atoms with Crippen LogP contribution in [0.3, 0.4) is 0 Å². The van der Waals surface area contributed by atoms with Gasteiger partial charge in [-0.2, -0.15) is 13.5 Å². The van der Waals surface area contributed by atoms with Crippen LogP contribution >= 0.6 is 0 Å². The van der Waals surface area contributed by atoms with Gasteiger partial charge in [0.2, 0.25) is 0 Å². The zero-order chi connectivity index (χ0) is 19.0. The molecular weight excluding hydrogens is 358 g/mol. The summed E-state index contributed by atoms with van der Waals surface area (Å²) in [6.45, 7) is 2.32. The lowest BCUT2D eigenvalue weighted by Gasteiger charge is -2.05. The van der Waals surface area contributed by atoms with Crippen LogP contribution in [0.1, 0.15) is 12.5 Å². The molecule has 136 valence electrons. The van der Waals surface area contributed by atoms with Crippen molar-refractivity contribution in [3.05, 3.63) is 70.3 Å². The van der Waals surface area contributed by atoms with Crippen molar-refractivity contribution in [3.8, 4) is 5.75 Å². The Morgan fingerprint density at radius 2 is 1.88 bits per heavy atom. The third kappa shape index (κ3) is 5.15. The van der Waals surface area contributed by atoms with Gasteiger partial charge in [0, 0.05) is 12.3 Å². The molecule has 0 saturated carbocycles. The van der Waals surface area contributed by atoms with Gasteiger partial charge in [-0.1, -0.05) is 12.1 Å². The van der Waals surface area contributed by atoms with E-state index in [4.69, 9.17) is 4.74 Å². The van der Waals surface area contributed by atoms with Crippen LogP contribution in [0.4, 0.5) is 5.69 Å². The van der Waals surface area contributed by atoms with Crippen molar-refractivity contribution in [2.45, 2.75) is 11.8 Å². The van der Waals surface area contributed by atoms with Gasteiger partial charge in [0.1, 0.15) is 5.75 Å². The molecule has 1 N–H and O–H groups in total. The van der Waals surface area contributed by atoms with Crippen molar-refractivity contribution < 1.29 is 18.1 Å². The maximum absolute atomic E-state index is 12.1. The summed E-state index contributed by atoms with van der Waals surface area (Å²) in [5, 5.41) is 14.5. The van der Waals surface area contributed by atoms with Crippen molar-refractivity contribution in [2.24, 2.45) is 5.10 Å². The zero-order valence-electron chi connectivity index (χ0n) is 13.9. The van der Waals surface area contributed by atoms with Crippen molar-refractivity contribution in [1.82, 2.24) is 4.83 Å². The zero-order valence-corrected chi connectivity index (χ0v) is 14.7. The number of sulfonamides is 1. The monoisotopic (exact) mass is 375 g/mol. The summed E-state index contributed by atoms with van der Waals surface area (Å²) in [6, 6.07) is 12.1. The Morgan fingerprint density at radius 1 is 1.19 bits per heavy atom. The molecule has 9 heteroatoms. The van der Waals surface area contributed by atoms with E-state index in [9.17, 15) is 18.5 Å². The van der Waals surface area contributed by atoms with Crippen LogP contribution in [-0.4, -0.2) is 26.2 Å². The van der Waals surface area contributed by atoms with Gasteiger partial charge in [0.25, 0.3) is 15.7 Å². The molecule has 0 heterocycles. The third-order valence-corrected chi connectivity index (χ3v) is 4.43. The molecule has 0 atom stereocenters. The third-order valence-electron chi connectivity index (χ3n) is 3.19. The molecule has 0 fully saturated rings. The van der Waals surface area contributed by atoms with E-state index in [1.165, 1.54) is 36.6 Å². The lowest BCUT2D eigenvalue weighted by molar-refractivity contribution is -0.385. The predicted molar refractivity (Wildman–Crippen MR) is 98.6 cm³/mol. The summed E-state index contributed by atoms with van der Waals surface area (Å²) in [7, 11) is -3.80. The molecule has 0 bridgehead atoms. The topological polar surface area (TPSA) is 111 Å². The molecule has 2 aromatic carbocycles. The molecule has 0 aliphatic carbocycles. The quantitative estimate of drug-likeness (QED) is 0.433. The highest BCUT2D eigenvalue weighted by atomic mass is 32.2. The first-order valence-corrected chi connectivity index (χ1v) is 9.10. The number of nitro benzene ring substituents is 1. The average molecular weight is 375 g/mol. The minimum atomic E-state index is -3.80. The Balaban J connectivity index is 2.02. The first-order chi connectivity index (χ1) is 12.4. The molecule has 0 aliphatic heterocycles. The first kappa shape index (κ1) is 19.1. The molecule has 0 amide bonds. The molecule has 0 radical (unpaired) electrons. The Morgan fingerprint density at radius 3 is 2.54 bits per heavy atom. The fourth-order valence-corrected chi connectivity index (χ4v) is 2.82. The summed E-state index contributed by atoms with van der Waals surface area (Å²) in [5.74, 6) is 0.572. The number of hydrazone groups is 1. The molecule has 0 spiro atoms. The smallest absolute Gasteiger partial charge is 0.276 e. The molecule has 2 aromatic rings. The maximum Gasteiger partial charge on any atom is 0.276 e. The highest BCUT2D eigenvalue weighted by molar-refractivity contribution is 7.89. The van der Waals surface area contributed by atoms with Crippen LogP contribution in [0, 0.1) is 10.1 Å². The molecular formula is C17H17N3O5S. The Labute approximate surface area is 151 Å². The second-order valence-corrected chi connectivity index (χ2v) is 6.61. The van der Waals surface area contributed by atoms with Crippen LogP contribution < -0.4 is 9.57 Å². The van der Waals surface area contributed by atoms with Gasteiger partial charge in [-0.25, -0.2) is 4.83 Å². The largest absolute Gasteiger partial charge is 0.494 e. The van der Waals surface area contributed by atoms with Crippen molar-refractivity contribution >= 4 is 28.0 Å². The number of nitro groups is 1. The lowest BCUT2D eigenvalue weighted by Crippen LogP contribution is -2.18. The Bertz CT molecular complexity index is 922. The highest BCUT2D eigenvalue weighted by Crippen LogP contribution is 2.18.